The molecule has 4 N–H and O–H groups in total. The van der Waals surface area contributed by atoms with Crippen LogP contribution in [0, 0.1) is 0 Å². The lowest BCUT2D eigenvalue weighted by molar-refractivity contribution is 0.253. The zero-order chi connectivity index (χ0) is 22.4. The Hall–Kier alpha value is -4.10. The summed E-state index contributed by atoms with van der Waals surface area (Å²) in [6, 6.07) is 20.1. The minimum Gasteiger partial charge on any atom is -0.383 e. The van der Waals surface area contributed by atoms with Crippen LogP contribution in [0.3, 0.4) is 0 Å². The van der Waals surface area contributed by atoms with Gasteiger partial charge in [0.15, 0.2) is 11.5 Å². The molecule has 33 heavy (non-hydrogen) atoms. The molecule has 0 bridgehead atoms. The second-order valence-electron chi connectivity index (χ2n) is 8.54. The fraction of sp³-hybridized carbons (Fsp3) is 0.154. The van der Waals surface area contributed by atoms with Crippen molar-refractivity contribution in [2.75, 3.05) is 5.73 Å². The molecule has 0 radical (unpaired) electrons. The van der Waals surface area contributed by atoms with Crippen LogP contribution in [0.5, 0.6) is 0 Å². The van der Waals surface area contributed by atoms with Gasteiger partial charge in [-0.3, -0.25) is 9.55 Å². The first kappa shape index (κ1) is 19.6. The largest absolute Gasteiger partial charge is 0.383 e. The summed E-state index contributed by atoms with van der Waals surface area (Å²) in [6.45, 7) is 0. The van der Waals surface area contributed by atoms with Gasteiger partial charge >= 0.3 is 0 Å². The van der Waals surface area contributed by atoms with E-state index in [-0.39, 0.29) is 5.54 Å². The molecule has 5 aromatic rings. The second kappa shape index (κ2) is 7.50. The molecule has 7 nitrogen and oxygen atoms in total. The summed E-state index contributed by atoms with van der Waals surface area (Å²) in [7, 11) is 0. The van der Waals surface area contributed by atoms with E-state index in [4.69, 9.17) is 21.4 Å². The van der Waals surface area contributed by atoms with Crippen molar-refractivity contribution >= 4 is 17.0 Å². The van der Waals surface area contributed by atoms with Crippen LogP contribution in [0.1, 0.15) is 24.8 Å². The summed E-state index contributed by atoms with van der Waals surface area (Å²) >= 11 is 0. The Bertz CT molecular complexity index is 1450. The number of anilines is 1. The van der Waals surface area contributed by atoms with Crippen LogP contribution in [0.25, 0.3) is 39.5 Å². The Morgan fingerprint density at radius 3 is 2.33 bits per heavy atom. The highest BCUT2D eigenvalue weighted by molar-refractivity contribution is 5.84. The number of nitrogens with two attached hydrogens (primary N) is 2. The molecule has 0 spiro atoms. The fourth-order valence-corrected chi connectivity index (χ4v) is 4.46. The normalized spacial score (nSPS) is 14.8. The van der Waals surface area contributed by atoms with E-state index in [1.54, 1.807) is 18.6 Å². The SMILES string of the molecule is Nc1ncccc1-c1nc2ccc(-c3ccncc3)nc2n1-c1ccc(C2(N)CCC2)cc1. The molecule has 162 valence electrons. The maximum absolute atomic E-state index is 6.55. The molecule has 1 fully saturated rings. The highest BCUT2D eigenvalue weighted by Gasteiger charge is 2.34. The number of nitrogen functional groups attached to an aromatic ring is 1. The van der Waals surface area contributed by atoms with E-state index in [0.29, 0.717) is 11.6 Å². The predicted octanol–water partition coefficient (Wildman–Crippen LogP) is 4.46. The number of nitrogens with zero attached hydrogens (tertiary/aromatic N) is 5. The van der Waals surface area contributed by atoms with Crippen LogP contribution in [-0.4, -0.2) is 24.5 Å². The van der Waals surface area contributed by atoms with Crippen molar-refractivity contribution in [3.63, 3.8) is 0 Å². The molecule has 1 aliphatic carbocycles. The summed E-state index contributed by atoms with van der Waals surface area (Å²) in [5.74, 6) is 1.13. The third-order valence-electron chi connectivity index (χ3n) is 6.51. The number of hydrogen-bond donors (Lipinski definition) is 2. The molecular weight excluding hydrogens is 410 g/mol. The number of hydrogen-bond acceptors (Lipinski definition) is 6. The summed E-state index contributed by atoms with van der Waals surface area (Å²) in [5.41, 5.74) is 18.8. The third kappa shape index (κ3) is 3.25. The topological polar surface area (TPSA) is 109 Å². The number of fused-ring (bicyclic) bond motifs is 1. The zero-order valence-corrected chi connectivity index (χ0v) is 18.0. The van der Waals surface area contributed by atoms with Gasteiger partial charge in [-0.15, -0.1) is 0 Å². The lowest BCUT2D eigenvalue weighted by Gasteiger charge is -2.38. The minimum atomic E-state index is -0.209. The Labute approximate surface area is 191 Å². The lowest BCUT2D eigenvalue weighted by Crippen LogP contribution is -2.43. The molecule has 0 unspecified atom stereocenters. The molecule has 4 aromatic heterocycles. The molecular formula is C26H23N7. The second-order valence-corrected chi connectivity index (χ2v) is 8.54. The van der Waals surface area contributed by atoms with Crippen molar-refractivity contribution < 1.29 is 0 Å². The summed E-state index contributed by atoms with van der Waals surface area (Å²) in [5, 5.41) is 0. The van der Waals surface area contributed by atoms with Gasteiger partial charge in [0.1, 0.15) is 11.3 Å². The summed E-state index contributed by atoms with van der Waals surface area (Å²) in [6.07, 6.45) is 8.43. The predicted molar refractivity (Wildman–Crippen MR) is 129 cm³/mol. The van der Waals surface area contributed by atoms with E-state index in [9.17, 15) is 0 Å². The average molecular weight is 434 g/mol. The van der Waals surface area contributed by atoms with E-state index in [0.717, 1.165) is 52.1 Å². The summed E-state index contributed by atoms with van der Waals surface area (Å²) < 4.78 is 2.04. The van der Waals surface area contributed by atoms with E-state index >= 15 is 0 Å². The first-order valence-corrected chi connectivity index (χ1v) is 11.0. The van der Waals surface area contributed by atoms with Gasteiger partial charge in [-0.2, -0.15) is 0 Å². The van der Waals surface area contributed by atoms with Gasteiger partial charge in [0.2, 0.25) is 0 Å². The van der Waals surface area contributed by atoms with Gasteiger partial charge < -0.3 is 11.5 Å². The molecule has 1 aliphatic rings. The van der Waals surface area contributed by atoms with Gasteiger partial charge in [-0.05, 0) is 73.4 Å². The first-order valence-electron chi connectivity index (χ1n) is 11.0. The van der Waals surface area contributed by atoms with Gasteiger partial charge in [0.25, 0.3) is 0 Å². The van der Waals surface area contributed by atoms with Crippen molar-refractivity contribution in [2.24, 2.45) is 5.73 Å². The van der Waals surface area contributed by atoms with Crippen molar-refractivity contribution in [3.05, 3.63) is 84.8 Å². The van der Waals surface area contributed by atoms with Gasteiger partial charge in [-0.25, -0.2) is 15.0 Å². The van der Waals surface area contributed by atoms with Crippen LogP contribution in [-0.2, 0) is 5.54 Å². The maximum Gasteiger partial charge on any atom is 0.165 e. The first-order chi connectivity index (χ1) is 16.1. The number of imidazole rings is 1. The summed E-state index contributed by atoms with van der Waals surface area (Å²) in [4.78, 5) is 18.3. The smallest absolute Gasteiger partial charge is 0.165 e. The fourth-order valence-electron chi connectivity index (χ4n) is 4.46. The molecule has 1 saturated carbocycles. The van der Waals surface area contributed by atoms with Crippen LogP contribution in [0.4, 0.5) is 5.82 Å². The molecule has 0 aliphatic heterocycles. The van der Waals surface area contributed by atoms with Crippen LogP contribution >= 0.6 is 0 Å². The lowest BCUT2D eigenvalue weighted by atomic mass is 9.73. The van der Waals surface area contributed by atoms with Gasteiger partial charge in [-0.1, -0.05) is 12.1 Å². The molecule has 6 rings (SSSR count). The van der Waals surface area contributed by atoms with Crippen molar-refractivity contribution in [1.82, 2.24) is 24.5 Å². The number of benzene rings is 1. The van der Waals surface area contributed by atoms with Crippen LogP contribution < -0.4 is 11.5 Å². The van der Waals surface area contributed by atoms with Crippen molar-refractivity contribution in [1.29, 1.82) is 0 Å². The van der Waals surface area contributed by atoms with E-state index in [2.05, 4.69) is 34.2 Å². The van der Waals surface area contributed by atoms with E-state index in [1.807, 2.05) is 41.0 Å². The molecule has 1 aromatic carbocycles. The third-order valence-corrected chi connectivity index (χ3v) is 6.51. The van der Waals surface area contributed by atoms with Crippen molar-refractivity contribution in [2.45, 2.75) is 24.8 Å². The van der Waals surface area contributed by atoms with Gasteiger partial charge in [0, 0.05) is 35.4 Å². The Kier molecular flexibility index (Phi) is 4.45. The van der Waals surface area contributed by atoms with Crippen LogP contribution in [0.2, 0.25) is 0 Å². The van der Waals surface area contributed by atoms with E-state index in [1.165, 1.54) is 6.42 Å². The molecule has 0 saturated heterocycles. The Morgan fingerprint density at radius 1 is 0.848 bits per heavy atom. The Balaban J connectivity index is 1.57. The quantitative estimate of drug-likeness (QED) is 0.433. The highest BCUT2D eigenvalue weighted by atomic mass is 15.1. The molecule has 0 atom stereocenters. The van der Waals surface area contributed by atoms with E-state index < -0.39 is 0 Å². The standard InChI is InChI=1S/C26H23N7/c27-23-20(3-1-14-30-23)24-32-22-9-8-21(17-10-15-29-16-11-17)31-25(22)33(24)19-6-4-18(5-7-19)26(28)12-2-13-26/h1,3-11,14-16H,2,12-13,28H2,(H2,27,30). The number of pyridine rings is 3. The highest BCUT2D eigenvalue weighted by Crippen LogP contribution is 2.39. The number of rotatable bonds is 4. The van der Waals surface area contributed by atoms with Crippen LogP contribution in [0.15, 0.2) is 79.3 Å². The average Bonchev–Trinajstić information content (AvgIpc) is 3.22. The monoisotopic (exact) mass is 433 g/mol. The maximum atomic E-state index is 6.55. The van der Waals surface area contributed by atoms with Gasteiger partial charge in [0.05, 0.1) is 11.3 Å². The Morgan fingerprint density at radius 2 is 1.64 bits per heavy atom. The van der Waals surface area contributed by atoms with Crippen molar-refractivity contribution in [3.8, 4) is 28.3 Å². The number of aromatic nitrogens is 5. The molecule has 0 amide bonds. The molecule has 4 heterocycles. The zero-order valence-electron chi connectivity index (χ0n) is 18.0. The molecule has 7 heteroatoms. The minimum absolute atomic E-state index is 0.209.